The maximum absolute atomic E-state index is 11.3. The van der Waals surface area contributed by atoms with Crippen molar-refractivity contribution in [2.75, 3.05) is 7.11 Å². The van der Waals surface area contributed by atoms with E-state index < -0.39 is 5.97 Å². The Hall–Kier alpha value is -1.07. The molecule has 0 aliphatic rings. The summed E-state index contributed by atoms with van der Waals surface area (Å²) in [4.78, 5) is 18.2. The number of rotatable bonds is 1. The highest BCUT2D eigenvalue weighted by atomic mass is 79.9. The van der Waals surface area contributed by atoms with E-state index >= 15 is 0 Å². The number of esters is 1. The average molecular weight is 290 g/mol. The third-order valence-electron chi connectivity index (χ3n) is 1.93. The number of H-pyrrole nitrogens is 1. The molecule has 1 heterocycles. The summed E-state index contributed by atoms with van der Waals surface area (Å²) in [5, 5.41) is 0.285. The number of carbonyl (C=O) groups is 1. The highest BCUT2D eigenvalue weighted by Gasteiger charge is 2.11. The second-order valence-electron chi connectivity index (χ2n) is 2.87. The zero-order valence-electron chi connectivity index (χ0n) is 7.67. The lowest BCUT2D eigenvalue weighted by molar-refractivity contribution is 0.0601. The van der Waals surface area contributed by atoms with Crippen LogP contribution in [-0.4, -0.2) is 23.0 Å². The second kappa shape index (κ2) is 3.83. The van der Waals surface area contributed by atoms with E-state index in [9.17, 15) is 4.79 Å². The van der Waals surface area contributed by atoms with Crippen LogP contribution in [0.15, 0.2) is 16.6 Å². The van der Waals surface area contributed by atoms with Crippen LogP contribution in [0.5, 0.6) is 0 Å². The summed E-state index contributed by atoms with van der Waals surface area (Å²) in [6.45, 7) is 0. The summed E-state index contributed by atoms with van der Waals surface area (Å²) < 4.78 is 5.32. The van der Waals surface area contributed by atoms with Crippen molar-refractivity contribution in [3.63, 3.8) is 0 Å². The van der Waals surface area contributed by atoms with Gasteiger partial charge >= 0.3 is 5.97 Å². The molecule has 6 heteroatoms. The number of benzene rings is 1. The molecule has 1 aromatic carbocycles. The summed E-state index contributed by atoms with van der Waals surface area (Å²) in [5.74, 6) is -0.400. The van der Waals surface area contributed by atoms with E-state index in [2.05, 4.69) is 30.6 Å². The molecule has 1 aromatic heterocycles. The molecular formula is C9H6BrClN2O2. The van der Waals surface area contributed by atoms with Gasteiger partial charge in [-0.3, -0.25) is 0 Å². The molecule has 0 radical (unpaired) electrons. The molecule has 0 fully saturated rings. The molecule has 15 heavy (non-hydrogen) atoms. The van der Waals surface area contributed by atoms with Crippen LogP contribution in [0.2, 0.25) is 5.28 Å². The molecule has 0 aliphatic carbocycles. The Morgan fingerprint density at radius 2 is 2.33 bits per heavy atom. The van der Waals surface area contributed by atoms with Crippen LogP contribution in [0.4, 0.5) is 0 Å². The van der Waals surface area contributed by atoms with E-state index in [1.807, 2.05) is 0 Å². The quantitative estimate of drug-likeness (QED) is 0.821. The van der Waals surface area contributed by atoms with Crippen molar-refractivity contribution >= 4 is 44.5 Å². The third kappa shape index (κ3) is 1.85. The van der Waals surface area contributed by atoms with Crippen molar-refractivity contribution in [1.82, 2.24) is 9.97 Å². The van der Waals surface area contributed by atoms with Gasteiger partial charge in [-0.25, -0.2) is 9.78 Å². The number of carbonyl (C=O) groups excluding carboxylic acids is 1. The molecule has 0 aliphatic heterocycles. The number of aromatic amines is 1. The Morgan fingerprint density at radius 3 is 3.00 bits per heavy atom. The summed E-state index contributed by atoms with van der Waals surface area (Å²) in [7, 11) is 1.33. The normalized spacial score (nSPS) is 10.6. The largest absolute Gasteiger partial charge is 0.465 e. The number of hydrogen-bond acceptors (Lipinski definition) is 3. The fourth-order valence-corrected chi connectivity index (χ4v) is 2.02. The second-order valence-corrected chi connectivity index (χ2v) is 4.09. The first-order valence-electron chi connectivity index (χ1n) is 4.05. The maximum atomic E-state index is 11.3. The molecule has 78 valence electrons. The molecule has 1 N–H and O–H groups in total. The molecule has 0 saturated carbocycles. The minimum absolute atomic E-state index is 0.285. The lowest BCUT2D eigenvalue weighted by atomic mass is 10.2. The van der Waals surface area contributed by atoms with Gasteiger partial charge in [-0.2, -0.15) is 0 Å². The van der Waals surface area contributed by atoms with E-state index in [0.29, 0.717) is 21.1 Å². The van der Waals surface area contributed by atoms with Crippen LogP contribution in [0.3, 0.4) is 0 Å². The van der Waals surface area contributed by atoms with Gasteiger partial charge in [0, 0.05) is 4.47 Å². The first-order chi connectivity index (χ1) is 7.11. The van der Waals surface area contributed by atoms with Crippen molar-refractivity contribution in [1.29, 1.82) is 0 Å². The fourth-order valence-electron chi connectivity index (χ4n) is 1.28. The summed E-state index contributed by atoms with van der Waals surface area (Å²) in [6, 6.07) is 3.29. The Bertz CT molecular complexity index is 538. The number of ether oxygens (including phenoxy) is 1. The Morgan fingerprint density at radius 1 is 1.60 bits per heavy atom. The van der Waals surface area contributed by atoms with Gasteiger partial charge < -0.3 is 9.72 Å². The number of fused-ring (bicyclic) bond motifs is 1. The van der Waals surface area contributed by atoms with Gasteiger partial charge in [0.15, 0.2) is 0 Å². The van der Waals surface area contributed by atoms with Crippen LogP contribution in [-0.2, 0) is 4.74 Å². The summed E-state index contributed by atoms with van der Waals surface area (Å²) in [5.41, 5.74) is 1.82. The lowest BCUT2D eigenvalue weighted by Crippen LogP contribution is -2.00. The third-order valence-corrected chi connectivity index (χ3v) is 2.72. The molecule has 0 atom stereocenters. The van der Waals surface area contributed by atoms with Crippen molar-refractivity contribution in [3.8, 4) is 0 Å². The predicted octanol–water partition coefficient (Wildman–Crippen LogP) is 2.77. The Kier molecular flexibility index (Phi) is 2.67. The molecule has 2 aromatic rings. The monoisotopic (exact) mass is 288 g/mol. The van der Waals surface area contributed by atoms with Crippen molar-refractivity contribution in [2.24, 2.45) is 0 Å². The van der Waals surface area contributed by atoms with Crippen LogP contribution in [0, 0.1) is 0 Å². The predicted molar refractivity (Wildman–Crippen MR) is 60.1 cm³/mol. The lowest BCUT2D eigenvalue weighted by Gasteiger charge is -2.00. The number of imidazole rings is 1. The minimum atomic E-state index is -0.400. The number of hydrogen-bond donors (Lipinski definition) is 1. The zero-order chi connectivity index (χ0) is 11.0. The van der Waals surface area contributed by atoms with Crippen molar-refractivity contribution < 1.29 is 9.53 Å². The number of aromatic nitrogens is 2. The minimum Gasteiger partial charge on any atom is -0.465 e. The number of halogens is 2. The molecule has 0 amide bonds. The number of nitrogens with one attached hydrogen (secondary N) is 1. The van der Waals surface area contributed by atoms with Gasteiger partial charge in [-0.05, 0) is 39.7 Å². The van der Waals surface area contributed by atoms with Crippen LogP contribution >= 0.6 is 27.5 Å². The maximum Gasteiger partial charge on any atom is 0.337 e. The smallest absolute Gasteiger partial charge is 0.337 e. The number of methoxy groups -OCH3 is 1. The topological polar surface area (TPSA) is 55.0 Å². The Balaban J connectivity index is 2.66. The van der Waals surface area contributed by atoms with Gasteiger partial charge in [-0.15, -0.1) is 0 Å². The first kappa shape index (κ1) is 10.4. The van der Waals surface area contributed by atoms with Crippen molar-refractivity contribution in [2.45, 2.75) is 0 Å². The van der Waals surface area contributed by atoms with E-state index in [1.54, 1.807) is 12.1 Å². The van der Waals surface area contributed by atoms with Gasteiger partial charge in [0.2, 0.25) is 5.28 Å². The van der Waals surface area contributed by atoms with E-state index in [0.717, 1.165) is 0 Å². The summed E-state index contributed by atoms with van der Waals surface area (Å²) >= 11 is 9.03. The molecule has 0 spiro atoms. The first-order valence-corrected chi connectivity index (χ1v) is 5.22. The van der Waals surface area contributed by atoms with Gasteiger partial charge in [0.1, 0.15) is 5.52 Å². The van der Waals surface area contributed by atoms with Gasteiger partial charge in [0.25, 0.3) is 0 Å². The van der Waals surface area contributed by atoms with E-state index in [-0.39, 0.29) is 5.28 Å². The van der Waals surface area contributed by atoms with Gasteiger partial charge in [-0.1, -0.05) is 0 Å². The van der Waals surface area contributed by atoms with Crippen LogP contribution in [0.25, 0.3) is 11.0 Å². The Labute approximate surface area is 98.7 Å². The van der Waals surface area contributed by atoms with Crippen LogP contribution < -0.4 is 0 Å². The van der Waals surface area contributed by atoms with Gasteiger partial charge in [0.05, 0.1) is 18.2 Å². The highest BCUT2D eigenvalue weighted by molar-refractivity contribution is 9.10. The molecule has 2 rings (SSSR count). The molecule has 0 bridgehead atoms. The SMILES string of the molecule is COC(=O)c1cc(Br)c2nc(Cl)[nH]c2c1. The highest BCUT2D eigenvalue weighted by Crippen LogP contribution is 2.25. The molecule has 4 nitrogen and oxygen atoms in total. The standard InChI is InChI=1S/C9H6BrClN2O2/c1-15-8(14)4-2-5(10)7-6(3-4)12-9(11)13-7/h2-3H,1H3,(H,12,13). The molecular weight excluding hydrogens is 283 g/mol. The summed E-state index contributed by atoms with van der Waals surface area (Å²) in [6.07, 6.45) is 0. The van der Waals surface area contributed by atoms with E-state index in [1.165, 1.54) is 7.11 Å². The molecule has 0 unspecified atom stereocenters. The van der Waals surface area contributed by atoms with E-state index in [4.69, 9.17) is 11.6 Å². The van der Waals surface area contributed by atoms with Crippen LogP contribution in [0.1, 0.15) is 10.4 Å². The fraction of sp³-hybridized carbons (Fsp3) is 0.111. The van der Waals surface area contributed by atoms with Crippen molar-refractivity contribution in [3.05, 3.63) is 27.5 Å². The number of nitrogens with zero attached hydrogens (tertiary/aromatic N) is 1. The molecule has 0 saturated heterocycles. The average Bonchev–Trinajstić information content (AvgIpc) is 2.58. The zero-order valence-corrected chi connectivity index (χ0v) is 10.0.